The Kier molecular flexibility index (Phi) is 9.45. The number of hydrogen-bond acceptors (Lipinski definition) is 4. The number of unbranched alkanes of at least 4 members (excludes halogenated alkanes) is 1. The van der Waals surface area contributed by atoms with Gasteiger partial charge in [-0.15, -0.1) is 0 Å². The molecule has 2 N–H and O–H groups in total. The first-order chi connectivity index (χ1) is 11.5. The van der Waals surface area contributed by atoms with Crippen molar-refractivity contribution in [3.05, 3.63) is 0 Å². The second-order valence-corrected chi connectivity index (χ2v) is 11.1. The first kappa shape index (κ1) is 20.5. The predicted molar refractivity (Wildman–Crippen MR) is 103 cm³/mol. The monoisotopic (exact) mass is 377 g/mol. The molecule has 0 unspecified atom stereocenters. The molecule has 142 valence electrons. The van der Waals surface area contributed by atoms with Gasteiger partial charge in [0.25, 0.3) is 0 Å². The van der Waals surface area contributed by atoms with E-state index in [9.17, 15) is 8.42 Å². The van der Waals surface area contributed by atoms with Crippen molar-refractivity contribution in [2.45, 2.75) is 77.0 Å². The minimum absolute atomic E-state index is 0.407. The lowest BCUT2D eigenvalue weighted by Crippen LogP contribution is -2.24. The largest absolute Gasteiger partial charge is 0.319 e. The third-order valence-corrected chi connectivity index (χ3v) is 8.00. The van der Waals surface area contributed by atoms with Crippen molar-refractivity contribution >= 4 is 19.9 Å². The van der Waals surface area contributed by atoms with Gasteiger partial charge in [0, 0.05) is 12.3 Å². The highest BCUT2D eigenvalue weighted by molar-refractivity contribution is 8.69. The van der Waals surface area contributed by atoms with Crippen LogP contribution in [0.4, 0.5) is 0 Å². The smallest absolute Gasteiger partial charge is 0.316 e. The molecule has 0 aromatic rings. The van der Waals surface area contributed by atoms with Crippen molar-refractivity contribution in [3.8, 4) is 0 Å². The first-order valence-electron chi connectivity index (χ1n) is 9.87. The van der Waals surface area contributed by atoms with Gasteiger partial charge in [-0.1, -0.05) is 57.8 Å². The summed E-state index contributed by atoms with van der Waals surface area (Å²) in [4.78, 5) is 0. The van der Waals surface area contributed by atoms with Gasteiger partial charge in [-0.25, -0.2) is 0 Å². The van der Waals surface area contributed by atoms with Gasteiger partial charge in [-0.3, -0.25) is 4.55 Å². The average molecular weight is 378 g/mol. The molecule has 0 radical (unpaired) electrons. The molecule has 2 saturated carbocycles. The quantitative estimate of drug-likeness (QED) is 0.329. The molecule has 0 aliphatic heterocycles. The average Bonchev–Trinajstić information content (AvgIpc) is 2.58. The van der Waals surface area contributed by atoms with Crippen LogP contribution in [-0.4, -0.2) is 31.8 Å². The maximum absolute atomic E-state index is 10.6. The van der Waals surface area contributed by atoms with Crippen molar-refractivity contribution < 1.29 is 13.0 Å². The van der Waals surface area contributed by atoms with Gasteiger partial charge in [0.05, 0.1) is 0 Å². The van der Waals surface area contributed by atoms with E-state index < -0.39 is 9.15 Å². The maximum atomic E-state index is 10.6. The van der Waals surface area contributed by atoms with E-state index >= 15 is 0 Å². The Labute approximate surface area is 152 Å². The molecule has 0 spiro atoms. The lowest BCUT2D eigenvalue weighted by atomic mass is 9.70. The molecule has 2 aliphatic rings. The van der Waals surface area contributed by atoms with Crippen molar-refractivity contribution in [1.29, 1.82) is 0 Å². The summed E-state index contributed by atoms with van der Waals surface area (Å²) < 4.78 is 29.7. The fraction of sp³-hybridized carbons (Fsp3) is 1.00. The van der Waals surface area contributed by atoms with Crippen LogP contribution in [0.15, 0.2) is 0 Å². The van der Waals surface area contributed by atoms with Crippen LogP contribution in [0, 0.1) is 17.8 Å². The molecule has 0 atom stereocenters. The van der Waals surface area contributed by atoms with Crippen LogP contribution >= 0.6 is 10.8 Å². The molecule has 24 heavy (non-hydrogen) atoms. The summed E-state index contributed by atoms with van der Waals surface area (Å²) in [6, 6.07) is 0. The van der Waals surface area contributed by atoms with Gasteiger partial charge in [0.15, 0.2) is 0 Å². The standard InChI is InChI=1S/C18H35NO3S2/c20-24(21,22)23-15-14-19-13-5-4-6-16-9-11-18(12-10-16)17-7-2-1-3-8-17/h16-19H,1-15H2,(H,20,21,22). The minimum Gasteiger partial charge on any atom is -0.316 e. The lowest BCUT2D eigenvalue weighted by Gasteiger charge is -2.36. The first-order valence-corrected chi connectivity index (χ1v) is 12.8. The second kappa shape index (κ2) is 11.0. The minimum atomic E-state index is -3.87. The van der Waals surface area contributed by atoms with Gasteiger partial charge >= 0.3 is 9.15 Å². The fourth-order valence-corrected chi connectivity index (χ4v) is 5.90. The van der Waals surface area contributed by atoms with E-state index in [-0.39, 0.29) is 0 Å². The van der Waals surface area contributed by atoms with Crippen molar-refractivity contribution in [2.75, 3.05) is 18.8 Å². The van der Waals surface area contributed by atoms with Crippen LogP contribution in [-0.2, 0) is 9.15 Å². The zero-order chi connectivity index (χ0) is 17.3. The fourth-order valence-electron chi connectivity index (χ4n) is 4.58. The molecule has 0 saturated heterocycles. The highest BCUT2D eigenvalue weighted by Gasteiger charge is 2.28. The molecule has 6 heteroatoms. The van der Waals surface area contributed by atoms with Crippen LogP contribution < -0.4 is 5.32 Å². The summed E-state index contributed by atoms with van der Waals surface area (Å²) in [7, 11) is -3.28. The third kappa shape index (κ3) is 8.54. The predicted octanol–water partition coefficient (Wildman–Crippen LogP) is 4.67. The third-order valence-electron chi connectivity index (χ3n) is 5.93. The zero-order valence-electron chi connectivity index (χ0n) is 14.9. The van der Waals surface area contributed by atoms with E-state index in [1.54, 1.807) is 0 Å². The Morgan fingerprint density at radius 1 is 0.875 bits per heavy atom. The van der Waals surface area contributed by atoms with E-state index in [1.165, 1.54) is 77.0 Å². The van der Waals surface area contributed by atoms with E-state index in [0.717, 1.165) is 24.3 Å². The van der Waals surface area contributed by atoms with Crippen LogP contribution in [0.2, 0.25) is 0 Å². The Bertz CT molecular complexity index is 428. The maximum Gasteiger partial charge on any atom is 0.319 e. The summed E-state index contributed by atoms with van der Waals surface area (Å²) in [6.45, 7) is 1.58. The summed E-state index contributed by atoms with van der Waals surface area (Å²) in [5, 5.41) is 3.25. The molecule has 0 aromatic carbocycles. The van der Waals surface area contributed by atoms with Crippen LogP contribution in [0.25, 0.3) is 0 Å². The zero-order valence-corrected chi connectivity index (χ0v) is 16.6. The molecule has 0 heterocycles. The van der Waals surface area contributed by atoms with E-state index in [0.29, 0.717) is 23.1 Å². The molecule has 2 fully saturated rings. The Morgan fingerprint density at radius 3 is 2.21 bits per heavy atom. The number of hydrogen-bond donors (Lipinski definition) is 2. The molecule has 0 bridgehead atoms. The second-order valence-electron chi connectivity index (χ2n) is 7.67. The van der Waals surface area contributed by atoms with E-state index in [2.05, 4.69) is 5.32 Å². The van der Waals surface area contributed by atoms with Crippen molar-refractivity contribution in [3.63, 3.8) is 0 Å². The molecule has 0 amide bonds. The Balaban J connectivity index is 1.43. The molecule has 2 aliphatic carbocycles. The van der Waals surface area contributed by atoms with Crippen molar-refractivity contribution in [2.24, 2.45) is 17.8 Å². The summed E-state index contributed by atoms with van der Waals surface area (Å²) >= 11 is 0. The normalized spacial score (nSPS) is 26.5. The van der Waals surface area contributed by atoms with Crippen LogP contribution in [0.1, 0.15) is 77.0 Å². The number of nitrogens with one attached hydrogen (secondary N) is 1. The van der Waals surface area contributed by atoms with Gasteiger partial charge < -0.3 is 5.32 Å². The van der Waals surface area contributed by atoms with Gasteiger partial charge in [0.2, 0.25) is 0 Å². The Hall–Kier alpha value is 0.220. The summed E-state index contributed by atoms with van der Waals surface area (Å²) in [5.74, 6) is 3.43. The Morgan fingerprint density at radius 2 is 1.54 bits per heavy atom. The SMILES string of the molecule is O=S(=O)(O)SCCNCCCCC1CCC(C2CCCCC2)CC1. The van der Waals surface area contributed by atoms with Crippen LogP contribution in [0.3, 0.4) is 0 Å². The van der Waals surface area contributed by atoms with Gasteiger partial charge in [-0.05, 0) is 54.4 Å². The van der Waals surface area contributed by atoms with Gasteiger partial charge in [-0.2, -0.15) is 8.42 Å². The highest BCUT2D eigenvalue weighted by atomic mass is 33.1. The molecule has 4 nitrogen and oxygen atoms in total. The van der Waals surface area contributed by atoms with E-state index in [4.69, 9.17) is 4.55 Å². The molecule has 0 aromatic heterocycles. The van der Waals surface area contributed by atoms with E-state index in [1.807, 2.05) is 0 Å². The molecular weight excluding hydrogens is 342 g/mol. The summed E-state index contributed by atoms with van der Waals surface area (Å²) in [5.41, 5.74) is 0. The summed E-state index contributed by atoms with van der Waals surface area (Å²) in [6.07, 6.45) is 17.0. The molecule has 2 rings (SSSR count). The highest BCUT2D eigenvalue weighted by Crippen LogP contribution is 2.40. The van der Waals surface area contributed by atoms with Gasteiger partial charge in [0.1, 0.15) is 0 Å². The lowest BCUT2D eigenvalue weighted by molar-refractivity contribution is 0.162. The number of rotatable bonds is 10. The van der Waals surface area contributed by atoms with Crippen molar-refractivity contribution in [1.82, 2.24) is 5.32 Å². The molecular formula is C18H35NO3S2. The topological polar surface area (TPSA) is 66.4 Å². The van der Waals surface area contributed by atoms with Crippen LogP contribution in [0.5, 0.6) is 0 Å².